The average molecular weight is 1090 g/mol. The van der Waals surface area contributed by atoms with Crippen molar-refractivity contribution in [3.8, 4) is 0 Å². The number of allylic oxidation sites excluding steroid dienone is 13. The Morgan fingerprint density at radius 2 is 0.564 bits per heavy atom. The Hall–Kier alpha value is -3.41. The Morgan fingerprint density at radius 3 is 0.885 bits per heavy atom. The minimum Gasteiger partial charge on any atom is -0.462 e. The maximum absolute atomic E-state index is 12.8. The van der Waals surface area contributed by atoms with E-state index >= 15 is 0 Å². The largest absolute Gasteiger partial charge is 0.462 e. The number of rotatable bonds is 61. The van der Waals surface area contributed by atoms with Crippen molar-refractivity contribution in [3.63, 3.8) is 0 Å². The maximum atomic E-state index is 12.8. The molecule has 1 atom stereocenters. The van der Waals surface area contributed by atoms with Gasteiger partial charge < -0.3 is 14.2 Å². The van der Waals surface area contributed by atoms with Gasteiger partial charge in [-0.05, 0) is 89.9 Å². The third-order valence-electron chi connectivity index (χ3n) is 14.6. The Balaban J connectivity index is 4.06. The first-order chi connectivity index (χ1) is 38.5. The van der Waals surface area contributed by atoms with Crippen LogP contribution in [0.1, 0.15) is 335 Å². The molecule has 0 rings (SSSR count). The summed E-state index contributed by atoms with van der Waals surface area (Å²) in [6.45, 7) is 6.40. The van der Waals surface area contributed by atoms with Gasteiger partial charge in [0.2, 0.25) is 0 Å². The highest BCUT2D eigenvalue weighted by atomic mass is 16.6. The summed E-state index contributed by atoms with van der Waals surface area (Å²) < 4.78 is 16.7. The Morgan fingerprint density at radius 1 is 0.282 bits per heavy atom. The van der Waals surface area contributed by atoms with Crippen molar-refractivity contribution >= 4 is 17.9 Å². The number of carbonyl (C=O) groups is 3. The van der Waals surface area contributed by atoms with Crippen LogP contribution in [0.15, 0.2) is 85.1 Å². The summed E-state index contributed by atoms with van der Waals surface area (Å²) in [6, 6.07) is 0. The normalized spacial score (nSPS) is 12.6. The van der Waals surface area contributed by atoms with E-state index in [1.54, 1.807) is 6.08 Å². The fourth-order valence-corrected chi connectivity index (χ4v) is 9.64. The first-order valence-corrected chi connectivity index (χ1v) is 33.6. The number of esters is 3. The highest BCUT2D eigenvalue weighted by Crippen LogP contribution is 2.17. The van der Waals surface area contributed by atoms with E-state index in [0.29, 0.717) is 12.8 Å². The molecule has 0 spiro atoms. The van der Waals surface area contributed by atoms with E-state index < -0.39 is 12.1 Å². The molecule has 0 aliphatic rings. The van der Waals surface area contributed by atoms with Gasteiger partial charge in [0.05, 0.1) is 6.42 Å². The van der Waals surface area contributed by atoms with Gasteiger partial charge in [-0.1, -0.05) is 311 Å². The van der Waals surface area contributed by atoms with Crippen LogP contribution in [-0.2, 0) is 28.6 Å². The summed E-state index contributed by atoms with van der Waals surface area (Å²) in [5, 5.41) is 0. The summed E-state index contributed by atoms with van der Waals surface area (Å²) in [4.78, 5) is 38.1. The first-order valence-electron chi connectivity index (χ1n) is 33.6. The molecule has 0 aromatic carbocycles. The first kappa shape index (κ1) is 74.6. The van der Waals surface area contributed by atoms with Crippen LogP contribution >= 0.6 is 0 Å². The van der Waals surface area contributed by atoms with Crippen LogP contribution in [0, 0.1) is 0 Å². The van der Waals surface area contributed by atoms with E-state index in [1.165, 1.54) is 205 Å². The number of unbranched alkanes of at least 4 members (excludes halogenated alkanes) is 37. The average Bonchev–Trinajstić information content (AvgIpc) is 3.44. The van der Waals surface area contributed by atoms with Gasteiger partial charge in [0.1, 0.15) is 13.2 Å². The molecular formula is C72H126O6. The lowest BCUT2D eigenvalue weighted by Crippen LogP contribution is -2.30. The third-order valence-corrected chi connectivity index (χ3v) is 14.6. The van der Waals surface area contributed by atoms with Gasteiger partial charge in [-0.2, -0.15) is 0 Å². The minimum absolute atomic E-state index is 0.0964. The molecule has 450 valence electrons. The van der Waals surface area contributed by atoms with Crippen molar-refractivity contribution in [2.45, 2.75) is 341 Å². The monoisotopic (exact) mass is 1090 g/mol. The van der Waals surface area contributed by atoms with E-state index in [0.717, 1.165) is 89.9 Å². The number of carbonyl (C=O) groups excluding carboxylic acids is 3. The SMILES string of the molecule is CC/C=C\C/C=C\C/C=C\C/C=C\C/C=C\CC(=O)OC(COC(=O)CCCCCCC/C=C\CCC)COC(=O)CCCCCCCCCCCCCCCCCCCCCCCCC/C=C\CCCCCCCCCC. The predicted octanol–water partition coefficient (Wildman–Crippen LogP) is 23.1. The van der Waals surface area contributed by atoms with E-state index in [4.69, 9.17) is 14.2 Å². The van der Waals surface area contributed by atoms with E-state index in [9.17, 15) is 14.4 Å². The molecule has 6 nitrogen and oxygen atoms in total. The maximum Gasteiger partial charge on any atom is 0.310 e. The van der Waals surface area contributed by atoms with Gasteiger partial charge in [0, 0.05) is 12.8 Å². The van der Waals surface area contributed by atoms with Crippen LogP contribution in [0.25, 0.3) is 0 Å². The second kappa shape index (κ2) is 66.1. The number of ether oxygens (including phenoxy) is 3. The van der Waals surface area contributed by atoms with Crippen LogP contribution in [-0.4, -0.2) is 37.2 Å². The molecule has 0 saturated heterocycles. The standard InChI is InChI=1S/C72H126O6/c1-4-7-10-13-16-19-22-24-26-27-28-29-30-31-32-33-34-35-36-37-38-39-40-41-42-43-44-45-47-48-50-53-56-59-62-65-71(74)77-68-69(67-76-70(73)64-61-58-55-52-21-18-15-12-9-6-3)78-72(75)66-63-60-57-54-51-49-46-25-23-20-17-14-11-8-5-2/h8,11-12,15,17,20,25,27-28,46,51,54,60,63,69H,4-7,9-10,13-14,16,18-19,21-24,26,29-45,47-50,52-53,55-59,61-62,64-68H2,1-3H3/b11-8-,15-12-,20-17-,28-27-,46-25-,54-51-,63-60-. The fourth-order valence-electron chi connectivity index (χ4n) is 9.64. The molecule has 0 saturated carbocycles. The van der Waals surface area contributed by atoms with Crippen molar-refractivity contribution in [3.05, 3.63) is 85.1 Å². The molecule has 0 aromatic rings. The zero-order chi connectivity index (χ0) is 56.4. The predicted molar refractivity (Wildman–Crippen MR) is 339 cm³/mol. The molecule has 0 bridgehead atoms. The second-order valence-electron chi connectivity index (χ2n) is 22.4. The van der Waals surface area contributed by atoms with Gasteiger partial charge in [0.15, 0.2) is 6.10 Å². The lowest BCUT2D eigenvalue weighted by Gasteiger charge is -2.18. The smallest absolute Gasteiger partial charge is 0.310 e. The lowest BCUT2D eigenvalue weighted by molar-refractivity contribution is -0.166. The van der Waals surface area contributed by atoms with Crippen molar-refractivity contribution in [2.24, 2.45) is 0 Å². The van der Waals surface area contributed by atoms with Crippen molar-refractivity contribution in [1.29, 1.82) is 0 Å². The van der Waals surface area contributed by atoms with Gasteiger partial charge in [-0.25, -0.2) is 0 Å². The molecule has 0 amide bonds. The summed E-state index contributed by atoms with van der Waals surface area (Å²) in [7, 11) is 0. The molecule has 0 fully saturated rings. The molecule has 0 N–H and O–H groups in total. The van der Waals surface area contributed by atoms with Crippen molar-refractivity contribution in [1.82, 2.24) is 0 Å². The summed E-state index contributed by atoms with van der Waals surface area (Å²) >= 11 is 0. The molecule has 0 aliphatic heterocycles. The molecule has 78 heavy (non-hydrogen) atoms. The molecule has 6 heteroatoms. The van der Waals surface area contributed by atoms with Crippen LogP contribution in [0.2, 0.25) is 0 Å². The second-order valence-corrected chi connectivity index (χ2v) is 22.4. The van der Waals surface area contributed by atoms with Crippen LogP contribution in [0.5, 0.6) is 0 Å². The zero-order valence-corrected chi connectivity index (χ0v) is 51.7. The lowest BCUT2D eigenvalue weighted by atomic mass is 10.0. The minimum atomic E-state index is -0.833. The van der Waals surface area contributed by atoms with Crippen LogP contribution < -0.4 is 0 Å². The Labute approximate surface area is 484 Å². The van der Waals surface area contributed by atoms with Crippen molar-refractivity contribution in [2.75, 3.05) is 13.2 Å². The molecule has 0 aliphatic carbocycles. The molecule has 0 aromatic heterocycles. The van der Waals surface area contributed by atoms with Gasteiger partial charge in [0.25, 0.3) is 0 Å². The summed E-state index contributed by atoms with van der Waals surface area (Å²) in [5.41, 5.74) is 0. The van der Waals surface area contributed by atoms with Crippen molar-refractivity contribution < 1.29 is 28.6 Å². The fraction of sp³-hybridized carbons (Fsp3) is 0.764. The van der Waals surface area contributed by atoms with Crippen LogP contribution in [0.4, 0.5) is 0 Å². The Bertz CT molecular complexity index is 1480. The highest BCUT2D eigenvalue weighted by Gasteiger charge is 2.19. The summed E-state index contributed by atoms with van der Waals surface area (Å²) in [5.74, 6) is -1.05. The third kappa shape index (κ3) is 63.4. The zero-order valence-electron chi connectivity index (χ0n) is 51.7. The quantitative estimate of drug-likeness (QED) is 0.0261. The number of hydrogen-bond acceptors (Lipinski definition) is 6. The Kier molecular flexibility index (Phi) is 63.2. The molecular weight excluding hydrogens is 961 g/mol. The van der Waals surface area contributed by atoms with Gasteiger partial charge in [-0.15, -0.1) is 0 Å². The summed E-state index contributed by atoms with van der Waals surface area (Å²) in [6.07, 6.45) is 88.2. The molecule has 1 unspecified atom stereocenters. The number of hydrogen-bond donors (Lipinski definition) is 0. The van der Waals surface area contributed by atoms with E-state index in [-0.39, 0.29) is 31.6 Å². The molecule has 0 heterocycles. The topological polar surface area (TPSA) is 78.9 Å². The van der Waals surface area contributed by atoms with E-state index in [2.05, 4.69) is 93.7 Å². The van der Waals surface area contributed by atoms with E-state index in [1.807, 2.05) is 6.08 Å². The van der Waals surface area contributed by atoms with Gasteiger partial charge >= 0.3 is 17.9 Å². The van der Waals surface area contributed by atoms with Gasteiger partial charge in [-0.3, -0.25) is 14.4 Å². The highest BCUT2D eigenvalue weighted by molar-refractivity contribution is 5.72. The van der Waals surface area contributed by atoms with Crippen LogP contribution in [0.3, 0.4) is 0 Å². The molecule has 0 radical (unpaired) electrons.